The van der Waals surface area contributed by atoms with Gasteiger partial charge in [-0.05, 0) is 50.6 Å². The molecule has 108 valence electrons. The van der Waals surface area contributed by atoms with Crippen molar-refractivity contribution in [3.63, 3.8) is 0 Å². The lowest BCUT2D eigenvalue weighted by molar-refractivity contribution is -0.137. The van der Waals surface area contributed by atoms with Gasteiger partial charge in [0.15, 0.2) is 0 Å². The molecule has 2 N–H and O–H groups in total. The molecule has 0 saturated carbocycles. The van der Waals surface area contributed by atoms with E-state index in [0.717, 1.165) is 45.4 Å². The van der Waals surface area contributed by atoms with E-state index in [9.17, 15) is 9.59 Å². The fourth-order valence-electron chi connectivity index (χ4n) is 3.12. The second-order valence-corrected chi connectivity index (χ2v) is 5.84. The second kappa shape index (κ2) is 6.89. The smallest absolute Gasteiger partial charge is 0.303 e. The lowest BCUT2D eigenvalue weighted by Gasteiger charge is -2.33. The number of rotatable bonds is 5. The molecular weight excluding hydrogens is 244 g/mol. The Bertz CT molecular complexity index is 327. The third-order valence-corrected chi connectivity index (χ3v) is 4.26. The largest absolute Gasteiger partial charge is 0.481 e. The predicted octanol–water partition coefficient (Wildman–Crippen LogP) is 1.09. The molecule has 0 radical (unpaired) electrons. The molecule has 2 fully saturated rings. The Labute approximate surface area is 114 Å². The van der Waals surface area contributed by atoms with Gasteiger partial charge < -0.3 is 15.3 Å². The van der Waals surface area contributed by atoms with Gasteiger partial charge in [0, 0.05) is 25.9 Å². The number of likely N-dealkylation sites (tertiary alicyclic amines) is 1. The standard InChI is InChI=1S/C14H24N2O3/c17-13(8-12-5-6-15-9-12)16-7-1-2-11(10-16)3-4-14(18)19/h11-12,15H,1-10H2,(H,18,19). The third kappa shape index (κ3) is 4.49. The normalized spacial score (nSPS) is 27.5. The van der Waals surface area contributed by atoms with Crippen LogP contribution in [0.15, 0.2) is 0 Å². The van der Waals surface area contributed by atoms with E-state index in [-0.39, 0.29) is 12.3 Å². The van der Waals surface area contributed by atoms with Gasteiger partial charge in [-0.25, -0.2) is 0 Å². The number of carboxylic acids is 1. The lowest BCUT2D eigenvalue weighted by atomic mass is 9.92. The number of hydrogen-bond acceptors (Lipinski definition) is 3. The molecule has 0 aromatic heterocycles. The van der Waals surface area contributed by atoms with Crippen molar-refractivity contribution in [3.05, 3.63) is 0 Å². The van der Waals surface area contributed by atoms with Crippen molar-refractivity contribution < 1.29 is 14.7 Å². The molecule has 0 spiro atoms. The first-order valence-electron chi connectivity index (χ1n) is 7.35. The molecule has 2 aliphatic rings. The summed E-state index contributed by atoms with van der Waals surface area (Å²) in [6, 6.07) is 0. The van der Waals surface area contributed by atoms with E-state index < -0.39 is 5.97 Å². The summed E-state index contributed by atoms with van der Waals surface area (Å²) in [4.78, 5) is 24.8. The van der Waals surface area contributed by atoms with Gasteiger partial charge >= 0.3 is 5.97 Å². The fraction of sp³-hybridized carbons (Fsp3) is 0.857. The highest BCUT2D eigenvalue weighted by atomic mass is 16.4. The maximum Gasteiger partial charge on any atom is 0.303 e. The van der Waals surface area contributed by atoms with Crippen LogP contribution in [0.3, 0.4) is 0 Å². The van der Waals surface area contributed by atoms with Gasteiger partial charge in [-0.15, -0.1) is 0 Å². The molecule has 0 bridgehead atoms. The average molecular weight is 268 g/mol. The number of carboxylic acid groups (broad SMARTS) is 1. The van der Waals surface area contributed by atoms with Gasteiger partial charge in [0.2, 0.25) is 5.91 Å². The topological polar surface area (TPSA) is 69.6 Å². The maximum absolute atomic E-state index is 12.2. The maximum atomic E-state index is 12.2. The Balaban J connectivity index is 1.75. The third-order valence-electron chi connectivity index (χ3n) is 4.26. The zero-order valence-electron chi connectivity index (χ0n) is 11.4. The molecule has 1 amide bonds. The molecule has 0 aliphatic carbocycles. The SMILES string of the molecule is O=C(O)CCC1CCCN(C(=O)CC2CCNC2)C1. The summed E-state index contributed by atoms with van der Waals surface area (Å²) in [6.07, 6.45) is 4.74. The summed E-state index contributed by atoms with van der Waals surface area (Å²) in [5.74, 6) is 0.386. The van der Waals surface area contributed by atoms with Crippen molar-refractivity contribution in [1.29, 1.82) is 0 Å². The first-order chi connectivity index (χ1) is 9.15. The molecule has 19 heavy (non-hydrogen) atoms. The van der Waals surface area contributed by atoms with Crippen LogP contribution in [0.25, 0.3) is 0 Å². The van der Waals surface area contributed by atoms with Crippen LogP contribution in [0.5, 0.6) is 0 Å². The number of aliphatic carboxylic acids is 1. The van der Waals surface area contributed by atoms with E-state index in [0.29, 0.717) is 24.7 Å². The van der Waals surface area contributed by atoms with Gasteiger partial charge in [-0.3, -0.25) is 9.59 Å². The first kappa shape index (κ1) is 14.3. The lowest BCUT2D eigenvalue weighted by Crippen LogP contribution is -2.40. The molecular formula is C14H24N2O3. The molecule has 5 nitrogen and oxygen atoms in total. The van der Waals surface area contributed by atoms with Crippen LogP contribution in [-0.2, 0) is 9.59 Å². The number of nitrogens with one attached hydrogen (secondary N) is 1. The van der Waals surface area contributed by atoms with E-state index >= 15 is 0 Å². The van der Waals surface area contributed by atoms with Crippen molar-refractivity contribution in [2.75, 3.05) is 26.2 Å². The molecule has 2 rings (SSSR count). The molecule has 2 saturated heterocycles. The van der Waals surface area contributed by atoms with Crippen LogP contribution in [-0.4, -0.2) is 48.1 Å². The van der Waals surface area contributed by atoms with Gasteiger partial charge in [-0.1, -0.05) is 0 Å². The number of piperidine rings is 1. The van der Waals surface area contributed by atoms with Crippen LogP contribution < -0.4 is 5.32 Å². The van der Waals surface area contributed by atoms with Gasteiger partial charge in [-0.2, -0.15) is 0 Å². The molecule has 2 unspecified atom stereocenters. The summed E-state index contributed by atoms with van der Waals surface area (Å²) in [5.41, 5.74) is 0. The van der Waals surface area contributed by atoms with Crippen LogP contribution in [0.2, 0.25) is 0 Å². The van der Waals surface area contributed by atoms with E-state index in [1.54, 1.807) is 0 Å². The van der Waals surface area contributed by atoms with Crippen LogP contribution >= 0.6 is 0 Å². The van der Waals surface area contributed by atoms with E-state index in [2.05, 4.69) is 5.32 Å². The molecule has 0 aromatic carbocycles. The van der Waals surface area contributed by atoms with Gasteiger partial charge in [0.05, 0.1) is 0 Å². The average Bonchev–Trinajstić information content (AvgIpc) is 2.89. The minimum absolute atomic E-state index is 0.221. The Hall–Kier alpha value is -1.10. The zero-order valence-corrected chi connectivity index (χ0v) is 11.4. The number of nitrogens with zero attached hydrogens (tertiary/aromatic N) is 1. The van der Waals surface area contributed by atoms with Crippen LogP contribution in [0.4, 0.5) is 0 Å². The highest BCUT2D eigenvalue weighted by Gasteiger charge is 2.26. The first-order valence-corrected chi connectivity index (χ1v) is 7.35. The minimum Gasteiger partial charge on any atom is -0.481 e. The predicted molar refractivity (Wildman–Crippen MR) is 71.8 cm³/mol. The monoisotopic (exact) mass is 268 g/mol. The van der Waals surface area contributed by atoms with Crippen molar-refractivity contribution in [3.8, 4) is 0 Å². The Kier molecular flexibility index (Phi) is 5.19. The molecule has 5 heteroatoms. The summed E-state index contributed by atoms with van der Waals surface area (Å²) < 4.78 is 0. The van der Waals surface area contributed by atoms with Crippen molar-refractivity contribution in [2.24, 2.45) is 11.8 Å². The quantitative estimate of drug-likeness (QED) is 0.783. The van der Waals surface area contributed by atoms with Crippen LogP contribution in [0.1, 0.15) is 38.5 Å². The number of carbonyl (C=O) groups is 2. The van der Waals surface area contributed by atoms with E-state index in [1.165, 1.54) is 0 Å². The van der Waals surface area contributed by atoms with Gasteiger partial charge in [0.25, 0.3) is 0 Å². The second-order valence-electron chi connectivity index (χ2n) is 5.84. The van der Waals surface area contributed by atoms with Crippen LogP contribution in [0, 0.1) is 11.8 Å². The molecule has 2 heterocycles. The number of amides is 1. The molecule has 2 atom stereocenters. The van der Waals surface area contributed by atoms with Crippen molar-refractivity contribution in [1.82, 2.24) is 10.2 Å². The fourth-order valence-corrected chi connectivity index (χ4v) is 3.12. The number of carbonyl (C=O) groups excluding carboxylic acids is 1. The summed E-state index contributed by atoms with van der Waals surface area (Å²) >= 11 is 0. The summed E-state index contributed by atoms with van der Waals surface area (Å²) in [6.45, 7) is 3.59. The van der Waals surface area contributed by atoms with E-state index in [1.807, 2.05) is 4.90 Å². The minimum atomic E-state index is -0.736. The Morgan fingerprint density at radius 2 is 2.11 bits per heavy atom. The van der Waals surface area contributed by atoms with E-state index in [4.69, 9.17) is 5.11 Å². The number of hydrogen-bond donors (Lipinski definition) is 2. The highest BCUT2D eigenvalue weighted by Crippen LogP contribution is 2.23. The summed E-state index contributed by atoms with van der Waals surface area (Å²) in [5, 5.41) is 12.0. The zero-order chi connectivity index (χ0) is 13.7. The molecule has 2 aliphatic heterocycles. The molecule has 0 aromatic rings. The summed E-state index contributed by atoms with van der Waals surface area (Å²) in [7, 11) is 0. The highest BCUT2D eigenvalue weighted by molar-refractivity contribution is 5.76. The van der Waals surface area contributed by atoms with Crippen molar-refractivity contribution in [2.45, 2.75) is 38.5 Å². The van der Waals surface area contributed by atoms with Gasteiger partial charge in [0.1, 0.15) is 0 Å². The Morgan fingerprint density at radius 3 is 2.79 bits per heavy atom. The Morgan fingerprint density at radius 1 is 1.26 bits per heavy atom. The van der Waals surface area contributed by atoms with Crippen molar-refractivity contribution >= 4 is 11.9 Å².